The van der Waals surface area contributed by atoms with Crippen LogP contribution < -0.4 is 9.64 Å². The number of amides is 1. The molecule has 2 heterocycles. The third-order valence-corrected chi connectivity index (χ3v) is 6.56. The molecule has 1 fully saturated rings. The second-order valence-electron chi connectivity index (χ2n) is 7.54. The Morgan fingerprint density at radius 3 is 2.55 bits per heavy atom. The minimum absolute atomic E-state index is 0.166. The lowest BCUT2D eigenvalue weighted by Crippen LogP contribution is -2.47. The van der Waals surface area contributed by atoms with Crippen LogP contribution >= 0.6 is 23.4 Å². The van der Waals surface area contributed by atoms with E-state index < -0.39 is 0 Å². The summed E-state index contributed by atoms with van der Waals surface area (Å²) >= 11 is 7.58. The SMILES string of the molecule is CCCCOc1ccc(C=C2SC(N3CCN(c4cccc(Cl)c4)CC3)=NC2=O)cc1. The lowest BCUT2D eigenvalue weighted by molar-refractivity contribution is -0.113. The Bertz CT molecular complexity index is 983. The van der Waals surface area contributed by atoms with Crippen molar-refractivity contribution < 1.29 is 9.53 Å². The minimum Gasteiger partial charge on any atom is -0.494 e. The average molecular weight is 456 g/mol. The molecule has 0 saturated carbocycles. The van der Waals surface area contributed by atoms with Crippen molar-refractivity contribution in [3.05, 3.63) is 64.0 Å². The fraction of sp³-hybridized carbons (Fsp3) is 0.333. The minimum atomic E-state index is -0.166. The summed E-state index contributed by atoms with van der Waals surface area (Å²) in [5.41, 5.74) is 2.10. The van der Waals surface area contributed by atoms with Crippen LogP contribution in [0.5, 0.6) is 5.75 Å². The van der Waals surface area contributed by atoms with E-state index in [0.717, 1.165) is 72.8 Å². The van der Waals surface area contributed by atoms with Gasteiger partial charge in [0, 0.05) is 36.9 Å². The summed E-state index contributed by atoms with van der Waals surface area (Å²) in [5.74, 6) is 0.691. The number of halogens is 1. The molecule has 162 valence electrons. The van der Waals surface area contributed by atoms with Gasteiger partial charge in [-0.25, -0.2) is 0 Å². The molecular formula is C24H26ClN3O2S. The van der Waals surface area contributed by atoms with Crippen LogP contribution in [0.2, 0.25) is 5.02 Å². The van der Waals surface area contributed by atoms with E-state index in [9.17, 15) is 4.79 Å². The highest BCUT2D eigenvalue weighted by atomic mass is 35.5. The highest BCUT2D eigenvalue weighted by Crippen LogP contribution is 2.31. The quantitative estimate of drug-likeness (QED) is 0.436. The molecule has 0 bridgehead atoms. The van der Waals surface area contributed by atoms with Crippen molar-refractivity contribution in [2.45, 2.75) is 19.8 Å². The third kappa shape index (κ3) is 5.63. The van der Waals surface area contributed by atoms with Gasteiger partial charge in [-0.05, 0) is 60.2 Å². The van der Waals surface area contributed by atoms with Crippen LogP contribution in [-0.4, -0.2) is 48.8 Å². The fourth-order valence-electron chi connectivity index (χ4n) is 3.51. The number of carbonyl (C=O) groups excluding carboxylic acids is 1. The topological polar surface area (TPSA) is 45.1 Å². The Labute approximate surface area is 192 Å². The molecule has 0 spiro atoms. The number of hydrogen-bond donors (Lipinski definition) is 0. The first-order valence-corrected chi connectivity index (χ1v) is 11.8. The van der Waals surface area contributed by atoms with Crippen LogP contribution in [-0.2, 0) is 4.79 Å². The molecule has 5 nitrogen and oxygen atoms in total. The van der Waals surface area contributed by atoms with Gasteiger partial charge in [0.1, 0.15) is 5.75 Å². The Morgan fingerprint density at radius 1 is 1.10 bits per heavy atom. The van der Waals surface area contributed by atoms with E-state index in [-0.39, 0.29) is 5.91 Å². The smallest absolute Gasteiger partial charge is 0.286 e. The number of hydrogen-bond acceptors (Lipinski definition) is 5. The predicted octanol–water partition coefficient (Wildman–Crippen LogP) is 5.31. The number of carbonyl (C=O) groups is 1. The van der Waals surface area contributed by atoms with Gasteiger partial charge in [0.2, 0.25) is 0 Å². The van der Waals surface area contributed by atoms with Crippen LogP contribution in [0.4, 0.5) is 5.69 Å². The Hall–Kier alpha value is -2.44. The number of piperazine rings is 1. The van der Waals surface area contributed by atoms with Gasteiger partial charge in [-0.2, -0.15) is 4.99 Å². The molecule has 2 aromatic rings. The Balaban J connectivity index is 1.33. The Morgan fingerprint density at radius 2 is 1.84 bits per heavy atom. The van der Waals surface area contributed by atoms with Crippen molar-refractivity contribution in [1.82, 2.24) is 4.90 Å². The fourth-order valence-corrected chi connectivity index (χ4v) is 4.66. The first kappa shape index (κ1) is 21.8. The number of aliphatic imine (C=N–C) groups is 1. The normalized spacial score (nSPS) is 17.9. The zero-order valence-corrected chi connectivity index (χ0v) is 19.2. The number of benzene rings is 2. The molecule has 1 amide bonds. The van der Waals surface area contributed by atoms with Crippen molar-refractivity contribution in [2.24, 2.45) is 4.99 Å². The van der Waals surface area contributed by atoms with Gasteiger partial charge in [0.05, 0.1) is 11.5 Å². The second kappa shape index (κ2) is 10.2. The molecule has 2 aliphatic rings. The third-order valence-electron chi connectivity index (χ3n) is 5.28. The van der Waals surface area contributed by atoms with Crippen molar-refractivity contribution in [1.29, 1.82) is 0 Å². The number of rotatable bonds is 6. The van der Waals surface area contributed by atoms with E-state index in [2.05, 4.69) is 27.8 Å². The molecule has 0 aliphatic carbocycles. The molecule has 0 N–H and O–H groups in total. The molecule has 2 aliphatic heterocycles. The van der Waals surface area contributed by atoms with Gasteiger partial charge in [0.25, 0.3) is 5.91 Å². The summed E-state index contributed by atoms with van der Waals surface area (Å²) < 4.78 is 5.70. The van der Waals surface area contributed by atoms with E-state index >= 15 is 0 Å². The van der Waals surface area contributed by atoms with Gasteiger partial charge >= 0.3 is 0 Å². The number of thioether (sulfide) groups is 1. The molecule has 4 rings (SSSR count). The molecule has 0 atom stereocenters. The highest BCUT2D eigenvalue weighted by Gasteiger charge is 2.28. The zero-order valence-electron chi connectivity index (χ0n) is 17.6. The largest absolute Gasteiger partial charge is 0.494 e. The summed E-state index contributed by atoms with van der Waals surface area (Å²) in [6.07, 6.45) is 4.06. The van der Waals surface area contributed by atoms with Crippen LogP contribution in [0, 0.1) is 0 Å². The Kier molecular flexibility index (Phi) is 7.20. The van der Waals surface area contributed by atoms with Crippen molar-refractivity contribution >= 4 is 46.2 Å². The van der Waals surface area contributed by atoms with Gasteiger partial charge in [-0.15, -0.1) is 0 Å². The van der Waals surface area contributed by atoms with E-state index in [1.807, 2.05) is 48.5 Å². The van der Waals surface area contributed by atoms with Crippen molar-refractivity contribution in [2.75, 3.05) is 37.7 Å². The number of ether oxygens (including phenoxy) is 1. The maximum atomic E-state index is 12.4. The van der Waals surface area contributed by atoms with Gasteiger partial charge in [0.15, 0.2) is 5.17 Å². The van der Waals surface area contributed by atoms with Gasteiger partial charge in [-0.3, -0.25) is 4.79 Å². The first-order valence-electron chi connectivity index (χ1n) is 10.6. The maximum absolute atomic E-state index is 12.4. The number of anilines is 1. The summed E-state index contributed by atoms with van der Waals surface area (Å²) in [4.78, 5) is 21.9. The lowest BCUT2D eigenvalue weighted by Gasteiger charge is -2.36. The summed E-state index contributed by atoms with van der Waals surface area (Å²) in [5, 5.41) is 1.54. The van der Waals surface area contributed by atoms with Crippen LogP contribution in [0.15, 0.2) is 58.4 Å². The van der Waals surface area contributed by atoms with Gasteiger partial charge in [-0.1, -0.05) is 43.1 Å². The average Bonchev–Trinajstić information content (AvgIpc) is 3.15. The molecule has 7 heteroatoms. The zero-order chi connectivity index (χ0) is 21.6. The molecule has 0 radical (unpaired) electrons. The lowest BCUT2D eigenvalue weighted by atomic mass is 10.2. The molecule has 1 saturated heterocycles. The van der Waals surface area contributed by atoms with Gasteiger partial charge < -0.3 is 14.5 Å². The number of unbranched alkanes of at least 4 members (excludes halogenated alkanes) is 1. The number of amidine groups is 1. The molecular weight excluding hydrogens is 430 g/mol. The van der Waals surface area contributed by atoms with Crippen molar-refractivity contribution in [3.63, 3.8) is 0 Å². The maximum Gasteiger partial charge on any atom is 0.286 e. The van der Waals surface area contributed by atoms with Crippen molar-refractivity contribution in [3.8, 4) is 5.75 Å². The second-order valence-corrected chi connectivity index (χ2v) is 8.98. The highest BCUT2D eigenvalue weighted by molar-refractivity contribution is 8.18. The van der Waals surface area contributed by atoms with E-state index in [0.29, 0.717) is 4.91 Å². The summed E-state index contributed by atoms with van der Waals surface area (Å²) in [7, 11) is 0. The van der Waals surface area contributed by atoms with E-state index in [1.54, 1.807) is 0 Å². The van der Waals surface area contributed by atoms with E-state index in [4.69, 9.17) is 16.3 Å². The molecule has 0 aromatic heterocycles. The van der Waals surface area contributed by atoms with E-state index in [1.165, 1.54) is 11.8 Å². The number of nitrogens with zero attached hydrogens (tertiary/aromatic N) is 3. The van der Waals surface area contributed by atoms with Crippen LogP contribution in [0.1, 0.15) is 25.3 Å². The summed E-state index contributed by atoms with van der Waals surface area (Å²) in [6, 6.07) is 15.8. The van der Waals surface area contributed by atoms with Crippen LogP contribution in [0.25, 0.3) is 6.08 Å². The molecule has 0 unspecified atom stereocenters. The monoisotopic (exact) mass is 455 g/mol. The first-order chi connectivity index (χ1) is 15.1. The summed E-state index contributed by atoms with van der Waals surface area (Å²) in [6.45, 7) is 6.25. The standard InChI is InChI=1S/C24H26ClN3O2S/c1-2-3-15-30-21-9-7-18(8-10-21)16-22-23(29)26-24(31-22)28-13-11-27(12-14-28)20-6-4-5-19(25)17-20/h4-10,16-17H,2-3,11-15H2,1H3. The predicted molar refractivity (Wildman–Crippen MR) is 130 cm³/mol. The molecule has 31 heavy (non-hydrogen) atoms. The van der Waals surface area contributed by atoms with Crippen LogP contribution in [0.3, 0.4) is 0 Å². The molecule has 2 aromatic carbocycles.